The first-order chi connectivity index (χ1) is 15.9. The van der Waals surface area contributed by atoms with Crippen LogP contribution in [0.1, 0.15) is 24.4 Å². The maximum absolute atomic E-state index is 13.2. The molecule has 0 saturated carbocycles. The van der Waals surface area contributed by atoms with E-state index in [1.54, 1.807) is 61.7 Å². The number of carbonyl (C=O) groups is 1. The zero-order valence-electron chi connectivity index (χ0n) is 19.3. The lowest BCUT2D eigenvalue weighted by Gasteiger charge is -2.28. The number of sulfonamides is 1. The van der Waals surface area contributed by atoms with Crippen LogP contribution in [0, 0.1) is 0 Å². The number of nitrogens with one attached hydrogen (secondary N) is 1. The van der Waals surface area contributed by atoms with E-state index in [1.165, 1.54) is 11.4 Å². The Labute approximate surface area is 196 Å². The number of hydrogen-bond acceptors (Lipinski definition) is 6. The summed E-state index contributed by atoms with van der Waals surface area (Å²) in [6.45, 7) is 4.76. The summed E-state index contributed by atoms with van der Waals surface area (Å²) in [5.41, 5.74) is 0.723. The summed E-state index contributed by atoms with van der Waals surface area (Å²) in [4.78, 5) is 15.3. The molecule has 1 heterocycles. The number of hydrogen-bond donors (Lipinski definition) is 1. The molecule has 1 atom stereocenters. The SMILES string of the molecule is COc1ccc([C@H](CC(=O)NCCCN2CCOCC2)N(C)S(=O)(=O)c2ccccc2)cc1. The van der Waals surface area contributed by atoms with Crippen LogP contribution in [0.3, 0.4) is 0 Å². The van der Waals surface area contributed by atoms with E-state index in [0.29, 0.717) is 12.3 Å². The lowest BCUT2D eigenvalue weighted by atomic mass is 10.0. The normalized spacial score (nSPS) is 15.8. The summed E-state index contributed by atoms with van der Waals surface area (Å²) in [6, 6.07) is 14.7. The minimum atomic E-state index is -3.78. The molecule has 0 bridgehead atoms. The molecule has 0 radical (unpaired) electrons. The number of methoxy groups -OCH3 is 1. The highest BCUT2D eigenvalue weighted by atomic mass is 32.2. The van der Waals surface area contributed by atoms with Gasteiger partial charge in [0.1, 0.15) is 5.75 Å². The van der Waals surface area contributed by atoms with E-state index in [2.05, 4.69) is 10.2 Å². The molecule has 1 aliphatic heterocycles. The van der Waals surface area contributed by atoms with Crippen LogP contribution in [0.4, 0.5) is 0 Å². The van der Waals surface area contributed by atoms with Gasteiger partial charge in [-0.2, -0.15) is 4.31 Å². The fourth-order valence-corrected chi connectivity index (χ4v) is 5.18. The van der Waals surface area contributed by atoms with E-state index in [-0.39, 0.29) is 17.2 Å². The number of benzene rings is 2. The molecular formula is C24H33N3O5S. The van der Waals surface area contributed by atoms with Crippen molar-refractivity contribution in [2.24, 2.45) is 0 Å². The number of nitrogens with zero attached hydrogens (tertiary/aromatic N) is 2. The molecule has 1 saturated heterocycles. The second kappa shape index (κ2) is 12.1. The molecule has 0 unspecified atom stereocenters. The lowest BCUT2D eigenvalue weighted by Crippen LogP contribution is -2.39. The number of amides is 1. The van der Waals surface area contributed by atoms with Gasteiger partial charge in [-0.15, -0.1) is 0 Å². The van der Waals surface area contributed by atoms with Crippen molar-refractivity contribution in [1.29, 1.82) is 0 Å². The summed E-state index contributed by atoms with van der Waals surface area (Å²) < 4.78 is 38.3. The van der Waals surface area contributed by atoms with Gasteiger partial charge in [0.25, 0.3) is 0 Å². The number of carbonyl (C=O) groups excluding carboxylic acids is 1. The van der Waals surface area contributed by atoms with Gasteiger partial charge >= 0.3 is 0 Å². The zero-order valence-corrected chi connectivity index (χ0v) is 20.1. The predicted octanol–water partition coefficient (Wildman–Crippen LogP) is 2.29. The van der Waals surface area contributed by atoms with Gasteiger partial charge in [-0.05, 0) is 42.8 Å². The topological polar surface area (TPSA) is 88.2 Å². The molecule has 33 heavy (non-hydrogen) atoms. The standard InChI is InChI=1S/C24H33N3O5S/c1-26(33(29,30)22-7-4-3-5-8-22)23(20-9-11-21(31-2)12-10-20)19-24(28)25-13-6-14-27-15-17-32-18-16-27/h3-5,7-12,23H,6,13-19H2,1-2H3,(H,25,28)/t23-/m0/s1. The maximum Gasteiger partial charge on any atom is 0.243 e. The minimum absolute atomic E-state index is 0.0203. The fourth-order valence-electron chi connectivity index (χ4n) is 3.81. The Bertz CT molecular complexity index is 977. The Morgan fingerprint density at radius 1 is 1.12 bits per heavy atom. The summed E-state index contributed by atoms with van der Waals surface area (Å²) in [7, 11) is -0.695. The zero-order chi connectivity index (χ0) is 23.7. The van der Waals surface area contributed by atoms with Crippen LogP contribution in [-0.2, 0) is 19.6 Å². The lowest BCUT2D eigenvalue weighted by molar-refractivity contribution is -0.122. The van der Waals surface area contributed by atoms with Crippen LogP contribution in [0.15, 0.2) is 59.5 Å². The predicted molar refractivity (Wildman–Crippen MR) is 127 cm³/mol. The van der Waals surface area contributed by atoms with Crippen molar-refractivity contribution in [2.75, 3.05) is 53.6 Å². The first kappa shape index (κ1) is 25.2. The molecule has 1 aliphatic rings. The van der Waals surface area contributed by atoms with E-state index < -0.39 is 16.1 Å². The highest BCUT2D eigenvalue weighted by Crippen LogP contribution is 2.30. The summed E-state index contributed by atoms with van der Waals surface area (Å²) >= 11 is 0. The Morgan fingerprint density at radius 3 is 2.42 bits per heavy atom. The van der Waals surface area contributed by atoms with E-state index in [1.807, 2.05) is 0 Å². The second-order valence-corrected chi connectivity index (χ2v) is 9.98. The molecule has 1 N–H and O–H groups in total. The Morgan fingerprint density at radius 2 is 1.79 bits per heavy atom. The molecule has 8 nitrogen and oxygen atoms in total. The number of rotatable bonds is 11. The fraction of sp³-hybridized carbons (Fsp3) is 0.458. The molecule has 1 fully saturated rings. The third kappa shape index (κ3) is 7.01. The Balaban J connectivity index is 1.68. The number of morpholine rings is 1. The van der Waals surface area contributed by atoms with Crippen LogP contribution < -0.4 is 10.1 Å². The van der Waals surface area contributed by atoms with E-state index in [0.717, 1.165) is 44.8 Å². The van der Waals surface area contributed by atoms with Crippen molar-refractivity contribution in [3.63, 3.8) is 0 Å². The van der Waals surface area contributed by atoms with Gasteiger partial charge in [0.2, 0.25) is 15.9 Å². The van der Waals surface area contributed by atoms with Crippen LogP contribution >= 0.6 is 0 Å². The Hall–Kier alpha value is -2.46. The summed E-state index contributed by atoms with van der Waals surface area (Å²) in [5.74, 6) is 0.478. The Kier molecular flexibility index (Phi) is 9.25. The average Bonchev–Trinajstić information content (AvgIpc) is 2.86. The molecule has 2 aromatic rings. The van der Waals surface area contributed by atoms with Gasteiger partial charge in [0.05, 0.1) is 31.3 Å². The molecule has 3 rings (SSSR count). The molecule has 0 aromatic heterocycles. The molecule has 2 aromatic carbocycles. The monoisotopic (exact) mass is 475 g/mol. The van der Waals surface area contributed by atoms with Crippen molar-refractivity contribution < 1.29 is 22.7 Å². The van der Waals surface area contributed by atoms with Crippen molar-refractivity contribution in [1.82, 2.24) is 14.5 Å². The van der Waals surface area contributed by atoms with Crippen LogP contribution in [0.5, 0.6) is 5.75 Å². The van der Waals surface area contributed by atoms with Crippen LogP contribution in [0.2, 0.25) is 0 Å². The first-order valence-electron chi connectivity index (χ1n) is 11.2. The number of ether oxygens (including phenoxy) is 2. The molecular weight excluding hydrogens is 442 g/mol. The van der Waals surface area contributed by atoms with Gasteiger partial charge in [0, 0.05) is 33.1 Å². The third-order valence-corrected chi connectivity index (χ3v) is 7.70. The van der Waals surface area contributed by atoms with Gasteiger partial charge in [-0.1, -0.05) is 30.3 Å². The van der Waals surface area contributed by atoms with Crippen molar-refractivity contribution in [2.45, 2.75) is 23.8 Å². The highest BCUT2D eigenvalue weighted by molar-refractivity contribution is 7.89. The maximum atomic E-state index is 13.2. The molecule has 0 spiro atoms. The average molecular weight is 476 g/mol. The van der Waals surface area contributed by atoms with E-state index in [4.69, 9.17) is 9.47 Å². The van der Waals surface area contributed by atoms with Gasteiger partial charge < -0.3 is 14.8 Å². The van der Waals surface area contributed by atoms with Crippen molar-refractivity contribution >= 4 is 15.9 Å². The quantitative estimate of drug-likeness (QED) is 0.502. The van der Waals surface area contributed by atoms with Gasteiger partial charge in [0.15, 0.2) is 0 Å². The second-order valence-electron chi connectivity index (χ2n) is 7.98. The molecule has 0 aliphatic carbocycles. The summed E-state index contributed by atoms with van der Waals surface area (Å²) in [6.07, 6.45) is 0.851. The van der Waals surface area contributed by atoms with Crippen molar-refractivity contribution in [3.05, 3.63) is 60.2 Å². The van der Waals surface area contributed by atoms with Crippen molar-refractivity contribution in [3.8, 4) is 5.75 Å². The highest BCUT2D eigenvalue weighted by Gasteiger charge is 2.30. The smallest absolute Gasteiger partial charge is 0.243 e. The summed E-state index contributed by atoms with van der Waals surface area (Å²) in [5, 5.41) is 2.95. The molecule has 1 amide bonds. The molecule has 180 valence electrons. The van der Waals surface area contributed by atoms with Crippen LogP contribution in [0.25, 0.3) is 0 Å². The van der Waals surface area contributed by atoms with Gasteiger partial charge in [-0.3, -0.25) is 9.69 Å². The van der Waals surface area contributed by atoms with E-state index >= 15 is 0 Å². The van der Waals surface area contributed by atoms with Crippen LogP contribution in [-0.4, -0.2) is 77.1 Å². The minimum Gasteiger partial charge on any atom is -0.497 e. The largest absolute Gasteiger partial charge is 0.497 e. The third-order valence-electron chi connectivity index (χ3n) is 5.82. The molecule has 9 heteroatoms. The first-order valence-corrected chi connectivity index (χ1v) is 12.6. The van der Waals surface area contributed by atoms with Gasteiger partial charge in [-0.25, -0.2) is 8.42 Å². The van der Waals surface area contributed by atoms with E-state index in [9.17, 15) is 13.2 Å².